The quantitative estimate of drug-likeness (QED) is 0.201. The lowest BCUT2D eigenvalue weighted by Crippen LogP contribution is -1.96. The molecule has 29 heavy (non-hydrogen) atoms. The van der Waals surface area contributed by atoms with E-state index in [4.69, 9.17) is 4.42 Å². The van der Waals surface area contributed by atoms with Crippen LogP contribution < -0.4 is 0 Å². The summed E-state index contributed by atoms with van der Waals surface area (Å²) in [5, 5.41) is 20.8. The summed E-state index contributed by atoms with van der Waals surface area (Å²) >= 11 is 0.988. The predicted molar refractivity (Wildman–Crippen MR) is 108 cm³/mol. The number of hydrogen-bond acceptors (Lipinski definition) is 6. The molecule has 0 bridgehead atoms. The third-order valence-electron chi connectivity index (χ3n) is 4.05. The maximum absolute atomic E-state index is 11.7. The summed E-state index contributed by atoms with van der Waals surface area (Å²) in [4.78, 5) is 29.4. The van der Waals surface area contributed by atoms with Gasteiger partial charge in [-0.05, 0) is 48.2 Å². The van der Waals surface area contributed by atoms with Gasteiger partial charge in [0.15, 0.2) is 5.16 Å². The van der Waals surface area contributed by atoms with Crippen molar-refractivity contribution in [3.05, 3.63) is 81.4 Å². The summed E-state index contributed by atoms with van der Waals surface area (Å²) in [5.74, 6) is -0.285. The SMILES string of the molecule is O=C(O)/C(=C/c1ccc(-c2ccc([N+](=O)[O-])cc2)o1)Sc1nc2ccccc2[nH]1. The van der Waals surface area contributed by atoms with E-state index in [0.717, 1.165) is 22.8 Å². The Bertz CT molecular complexity index is 1210. The van der Waals surface area contributed by atoms with E-state index in [1.165, 1.54) is 18.2 Å². The summed E-state index contributed by atoms with van der Waals surface area (Å²) < 4.78 is 5.69. The molecule has 0 aliphatic heterocycles. The molecular formula is C20H13N3O5S. The molecule has 4 aromatic rings. The fourth-order valence-corrected chi connectivity index (χ4v) is 3.45. The van der Waals surface area contributed by atoms with Crippen LogP contribution in [0.5, 0.6) is 0 Å². The van der Waals surface area contributed by atoms with E-state index in [1.807, 2.05) is 24.3 Å². The van der Waals surface area contributed by atoms with E-state index < -0.39 is 10.9 Å². The van der Waals surface area contributed by atoms with E-state index in [-0.39, 0.29) is 10.6 Å². The first kappa shape index (κ1) is 18.5. The van der Waals surface area contributed by atoms with Crippen molar-refractivity contribution in [2.24, 2.45) is 0 Å². The topological polar surface area (TPSA) is 122 Å². The number of nitrogens with zero attached hydrogens (tertiary/aromatic N) is 2. The summed E-state index contributed by atoms with van der Waals surface area (Å²) in [5.41, 5.74) is 2.20. The number of hydrogen-bond donors (Lipinski definition) is 2. The summed E-state index contributed by atoms with van der Waals surface area (Å²) in [6, 6.07) is 16.7. The highest BCUT2D eigenvalue weighted by molar-refractivity contribution is 8.04. The number of para-hydroxylation sites is 2. The van der Waals surface area contributed by atoms with Gasteiger partial charge in [0.25, 0.3) is 5.69 Å². The Morgan fingerprint density at radius 2 is 1.90 bits per heavy atom. The fraction of sp³-hybridized carbons (Fsp3) is 0. The molecule has 8 nitrogen and oxygen atoms in total. The van der Waals surface area contributed by atoms with E-state index >= 15 is 0 Å². The number of furan rings is 1. The number of carboxylic acid groups (broad SMARTS) is 1. The molecule has 0 aliphatic carbocycles. The number of non-ortho nitro benzene ring substituents is 1. The van der Waals surface area contributed by atoms with Gasteiger partial charge in [-0.1, -0.05) is 12.1 Å². The molecule has 2 N–H and O–H groups in total. The van der Waals surface area contributed by atoms with Crippen LogP contribution in [0.15, 0.2) is 75.1 Å². The number of aromatic nitrogens is 2. The zero-order valence-electron chi connectivity index (χ0n) is 14.7. The van der Waals surface area contributed by atoms with Crippen LogP contribution in [0.25, 0.3) is 28.4 Å². The third kappa shape index (κ3) is 4.04. The Labute approximate surface area is 168 Å². The number of thioether (sulfide) groups is 1. The van der Waals surface area contributed by atoms with Gasteiger partial charge in [0.05, 0.1) is 16.0 Å². The highest BCUT2D eigenvalue weighted by Gasteiger charge is 2.15. The van der Waals surface area contributed by atoms with Gasteiger partial charge in [0.1, 0.15) is 16.4 Å². The van der Waals surface area contributed by atoms with Crippen molar-refractivity contribution < 1.29 is 19.2 Å². The predicted octanol–water partition coefficient (Wildman–Crippen LogP) is 4.95. The number of rotatable bonds is 6. The Hall–Kier alpha value is -3.85. The van der Waals surface area contributed by atoms with Gasteiger partial charge >= 0.3 is 5.97 Å². The largest absolute Gasteiger partial charge is 0.477 e. The average Bonchev–Trinajstić information content (AvgIpc) is 3.34. The molecule has 2 aromatic heterocycles. The molecule has 0 saturated heterocycles. The van der Waals surface area contributed by atoms with Crippen LogP contribution in [0.1, 0.15) is 5.76 Å². The smallest absolute Gasteiger partial charge is 0.342 e. The summed E-state index contributed by atoms with van der Waals surface area (Å²) in [7, 11) is 0. The lowest BCUT2D eigenvalue weighted by Gasteiger charge is -1.99. The maximum Gasteiger partial charge on any atom is 0.342 e. The Morgan fingerprint density at radius 3 is 2.59 bits per heavy atom. The average molecular weight is 407 g/mol. The number of aromatic amines is 1. The lowest BCUT2D eigenvalue weighted by molar-refractivity contribution is -0.384. The Balaban J connectivity index is 1.59. The Kier molecular flexibility index (Phi) is 4.88. The molecule has 9 heteroatoms. The first-order valence-corrected chi connectivity index (χ1v) is 9.23. The molecule has 0 saturated carbocycles. The first-order valence-electron chi connectivity index (χ1n) is 8.42. The van der Waals surface area contributed by atoms with Crippen LogP contribution >= 0.6 is 11.8 Å². The van der Waals surface area contributed by atoms with E-state index in [0.29, 0.717) is 22.2 Å². The van der Waals surface area contributed by atoms with Crippen molar-refractivity contribution in [1.82, 2.24) is 9.97 Å². The van der Waals surface area contributed by atoms with Crippen molar-refractivity contribution in [3.8, 4) is 11.3 Å². The van der Waals surface area contributed by atoms with Crippen LogP contribution in [0.4, 0.5) is 5.69 Å². The minimum absolute atomic E-state index is 0.0178. The minimum Gasteiger partial charge on any atom is -0.477 e. The molecule has 2 aromatic carbocycles. The number of benzene rings is 2. The van der Waals surface area contributed by atoms with E-state index in [9.17, 15) is 20.0 Å². The van der Waals surface area contributed by atoms with Crippen LogP contribution in [0, 0.1) is 10.1 Å². The zero-order valence-corrected chi connectivity index (χ0v) is 15.6. The number of nitrogens with one attached hydrogen (secondary N) is 1. The van der Waals surface area contributed by atoms with Gasteiger partial charge in [-0.3, -0.25) is 10.1 Å². The summed E-state index contributed by atoms with van der Waals surface area (Å²) in [6.45, 7) is 0. The maximum atomic E-state index is 11.7. The number of nitro benzene ring substituents is 1. The van der Waals surface area contributed by atoms with Crippen LogP contribution in [0.2, 0.25) is 0 Å². The highest BCUT2D eigenvalue weighted by Crippen LogP contribution is 2.30. The number of imidazole rings is 1. The van der Waals surface area contributed by atoms with Gasteiger partial charge in [-0.2, -0.15) is 0 Å². The van der Waals surface area contributed by atoms with E-state index in [2.05, 4.69) is 9.97 Å². The van der Waals surface area contributed by atoms with Crippen molar-refractivity contribution in [3.63, 3.8) is 0 Å². The molecule has 0 fully saturated rings. The number of nitro groups is 1. The second-order valence-electron chi connectivity index (χ2n) is 5.98. The van der Waals surface area contributed by atoms with Gasteiger partial charge in [-0.25, -0.2) is 9.78 Å². The first-order chi connectivity index (χ1) is 14.0. The number of carbonyl (C=O) groups is 1. The highest BCUT2D eigenvalue weighted by atomic mass is 32.2. The molecule has 0 amide bonds. The second kappa shape index (κ2) is 7.64. The van der Waals surface area contributed by atoms with Crippen LogP contribution in [-0.2, 0) is 4.79 Å². The van der Waals surface area contributed by atoms with Crippen molar-refractivity contribution in [2.75, 3.05) is 0 Å². The number of fused-ring (bicyclic) bond motifs is 1. The van der Waals surface area contributed by atoms with Gasteiger partial charge < -0.3 is 14.5 Å². The third-order valence-corrected chi connectivity index (χ3v) is 4.95. The molecule has 0 unspecified atom stereocenters. The van der Waals surface area contributed by atoms with Gasteiger partial charge in [0, 0.05) is 23.8 Å². The standard InChI is InChI=1S/C20H13N3O5S/c24-19(25)18(29-20-21-15-3-1-2-4-16(15)22-20)11-14-9-10-17(28-14)12-5-7-13(8-6-12)23(26)27/h1-11H,(H,21,22)(H,24,25)/b18-11-. The molecule has 0 radical (unpaired) electrons. The minimum atomic E-state index is -1.11. The zero-order chi connectivity index (χ0) is 20.4. The molecule has 0 spiro atoms. The van der Waals surface area contributed by atoms with E-state index in [1.54, 1.807) is 24.3 Å². The molecule has 144 valence electrons. The molecular weight excluding hydrogens is 394 g/mol. The number of H-pyrrole nitrogens is 1. The molecule has 0 aliphatic rings. The number of aliphatic carboxylic acids is 1. The number of carboxylic acids is 1. The summed E-state index contributed by atoms with van der Waals surface area (Å²) in [6.07, 6.45) is 1.41. The van der Waals surface area contributed by atoms with Gasteiger partial charge in [-0.15, -0.1) is 0 Å². The van der Waals surface area contributed by atoms with Crippen molar-refractivity contribution in [1.29, 1.82) is 0 Å². The van der Waals surface area contributed by atoms with Crippen LogP contribution in [-0.4, -0.2) is 26.0 Å². The lowest BCUT2D eigenvalue weighted by atomic mass is 10.1. The molecule has 2 heterocycles. The second-order valence-corrected chi connectivity index (χ2v) is 7.01. The van der Waals surface area contributed by atoms with Crippen molar-refractivity contribution in [2.45, 2.75) is 5.16 Å². The van der Waals surface area contributed by atoms with Gasteiger partial charge in [0.2, 0.25) is 0 Å². The Morgan fingerprint density at radius 1 is 1.14 bits per heavy atom. The molecule has 0 atom stereocenters. The monoisotopic (exact) mass is 407 g/mol. The fourth-order valence-electron chi connectivity index (χ4n) is 2.68. The van der Waals surface area contributed by atoms with Crippen molar-refractivity contribution >= 4 is 40.5 Å². The normalized spacial score (nSPS) is 11.7. The molecule has 4 rings (SSSR count). The van der Waals surface area contributed by atoms with Crippen LogP contribution in [0.3, 0.4) is 0 Å².